The summed E-state index contributed by atoms with van der Waals surface area (Å²) >= 11 is 0. The topological polar surface area (TPSA) is 102 Å². The van der Waals surface area contributed by atoms with Crippen molar-refractivity contribution >= 4 is 17.6 Å². The van der Waals surface area contributed by atoms with Crippen LogP contribution in [0.3, 0.4) is 0 Å². The number of aromatic nitrogens is 2. The number of carbonyl (C=O) groups is 2. The Morgan fingerprint density at radius 1 is 1.30 bits per heavy atom. The summed E-state index contributed by atoms with van der Waals surface area (Å²) in [5.41, 5.74) is 8.26. The van der Waals surface area contributed by atoms with Crippen LogP contribution in [0, 0.1) is 6.92 Å². The van der Waals surface area contributed by atoms with Gasteiger partial charge in [0.05, 0.1) is 12.6 Å². The van der Waals surface area contributed by atoms with Gasteiger partial charge >= 0.3 is 0 Å². The van der Waals surface area contributed by atoms with Crippen molar-refractivity contribution in [1.82, 2.24) is 14.7 Å². The standard InChI is InChI=1S/C22H27N5O3/c1-4-17(28)26-11-8-22(9-12-26)7-10-24-21-18(20(23)29)19(25-27(21)22)15-6-5-14(2)16(13-15)30-3/h4-6,13,24H,1,7-12H2,2-3H3,(H2,23,29). The van der Waals surface area contributed by atoms with Crippen LogP contribution < -0.4 is 15.8 Å². The highest BCUT2D eigenvalue weighted by Gasteiger charge is 2.43. The minimum absolute atomic E-state index is 0.0512. The van der Waals surface area contributed by atoms with E-state index in [0.717, 1.165) is 42.7 Å². The average molecular weight is 409 g/mol. The first-order valence-corrected chi connectivity index (χ1v) is 10.1. The van der Waals surface area contributed by atoms with Crippen molar-refractivity contribution in [1.29, 1.82) is 0 Å². The van der Waals surface area contributed by atoms with E-state index in [1.807, 2.05) is 34.7 Å². The fraction of sp³-hybridized carbons (Fsp3) is 0.409. The second-order valence-electron chi connectivity index (χ2n) is 7.96. The van der Waals surface area contributed by atoms with E-state index in [1.54, 1.807) is 7.11 Å². The fourth-order valence-electron chi connectivity index (χ4n) is 4.58. The molecule has 1 saturated heterocycles. The lowest BCUT2D eigenvalue weighted by Gasteiger charge is -2.44. The Kier molecular flexibility index (Phi) is 5.01. The number of anilines is 1. The molecule has 0 saturated carbocycles. The Hall–Kier alpha value is -3.29. The van der Waals surface area contributed by atoms with E-state index in [1.165, 1.54) is 6.08 Å². The molecule has 8 heteroatoms. The van der Waals surface area contributed by atoms with Crippen molar-refractivity contribution in [2.75, 3.05) is 32.1 Å². The number of aryl methyl sites for hydroxylation is 1. The van der Waals surface area contributed by atoms with Gasteiger partial charge in [0.2, 0.25) is 5.91 Å². The van der Waals surface area contributed by atoms with Crippen molar-refractivity contribution < 1.29 is 14.3 Å². The summed E-state index contributed by atoms with van der Waals surface area (Å²) in [7, 11) is 1.62. The molecule has 1 fully saturated rings. The molecular formula is C22H27N5O3. The number of benzene rings is 1. The van der Waals surface area contributed by atoms with E-state index in [9.17, 15) is 9.59 Å². The molecule has 1 aromatic carbocycles. The maximum absolute atomic E-state index is 12.4. The van der Waals surface area contributed by atoms with Gasteiger partial charge in [0.1, 0.15) is 22.8 Å². The van der Waals surface area contributed by atoms with Crippen LogP contribution in [-0.4, -0.2) is 53.2 Å². The number of piperidine rings is 1. The summed E-state index contributed by atoms with van der Waals surface area (Å²) < 4.78 is 7.39. The van der Waals surface area contributed by atoms with Crippen molar-refractivity contribution in [3.63, 3.8) is 0 Å². The molecule has 0 atom stereocenters. The number of methoxy groups -OCH3 is 1. The molecule has 0 bridgehead atoms. The molecule has 1 aromatic heterocycles. The molecule has 0 radical (unpaired) electrons. The number of hydrogen-bond donors (Lipinski definition) is 2. The Labute approximate surface area is 175 Å². The third-order valence-electron chi connectivity index (χ3n) is 6.33. The number of ether oxygens (including phenoxy) is 1. The minimum Gasteiger partial charge on any atom is -0.496 e. The molecular weight excluding hydrogens is 382 g/mol. The lowest BCUT2D eigenvalue weighted by Crippen LogP contribution is -2.51. The zero-order valence-corrected chi connectivity index (χ0v) is 17.4. The maximum atomic E-state index is 12.4. The number of nitrogens with one attached hydrogen (secondary N) is 1. The number of likely N-dealkylation sites (tertiary alicyclic amines) is 1. The lowest BCUT2D eigenvalue weighted by atomic mass is 9.83. The number of rotatable bonds is 4. The van der Waals surface area contributed by atoms with Crippen molar-refractivity contribution in [2.45, 2.75) is 31.7 Å². The molecule has 2 amide bonds. The van der Waals surface area contributed by atoms with Crippen LogP contribution in [0.2, 0.25) is 0 Å². The van der Waals surface area contributed by atoms with Gasteiger partial charge in [0.15, 0.2) is 0 Å². The molecule has 4 rings (SSSR count). The highest BCUT2D eigenvalue weighted by Crippen LogP contribution is 2.42. The van der Waals surface area contributed by atoms with Crippen molar-refractivity contribution in [3.8, 4) is 17.0 Å². The molecule has 3 N–H and O–H groups in total. The summed E-state index contributed by atoms with van der Waals surface area (Å²) in [6.07, 6.45) is 3.75. The van der Waals surface area contributed by atoms with E-state index >= 15 is 0 Å². The minimum atomic E-state index is -0.519. The number of amides is 2. The number of primary amides is 1. The van der Waals surface area contributed by atoms with Crippen LogP contribution in [0.4, 0.5) is 5.82 Å². The van der Waals surface area contributed by atoms with Crippen LogP contribution >= 0.6 is 0 Å². The largest absolute Gasteiger partial charge is 0.496 e. The van der Waals surface area contributed by atoms with E-state index < -0.39 is 5.91 Å². The highest BCUT2D eigenvalue weighted by molar-refractivity contribution is 6.04. The molecule has 8 nitrogen and oxygen atoms in total. The predicted molar refractivity (Wildman–Crippen MR) is 115 cm³/mol. The number of carbonyl (C=O) groups excluding carboxylic acids is 2. The number of nitrogens with two attached hydrogens (primary N) is 1. The Morgan fingerprint density at radius 2 is 2.03 bits per heavy atom. The van der Waals surface area contributed by atoms with E-state index in [0.29, 0.717) is 30.2 Å². The Balaban J connectivity index is 1.79. The van der Waals surface area contributed by atoms with Crippen molar-refractivity contribution in [2.24, 2.45) is 5.73 Å². The third kappa shape index (κ3) is 3.12. The Bertz CT molecular complexity index is 1020. The summed E-state index contributed by atoms with van der Waals surface area (Å²) in [5.74, 6) is 0.818. The monoisotopic (exact) mass is 409 g/mol. The van der Waals surface area contributed by atoms with E-state index in [4.69, 9.17) is 15.6 Å². The van der Waals surface area contributed by atoms with Crippen LogP contribution in [0.5, 0.6) is 5.75 Å². The highest BCUT2D eigenvalue weighted by atomic mass is 16.5. The molecule has 158 valence electrons. The van der Waals surface area contributed by atoms with Crippen LogP contribution in [0.25, 0.3) is 11.3 Å². The van der Waals surface area contributed by atoms with E-state index in [-0.39, 0.29) is 11.4 Å². The van der Waals surface area contributed by atoms with Crippen LogP contribution in [0.15, 0.2) is 30.9 Å². The van der Waals surface area contributed by atoms with Crippen molar-refractivity contribution in [3.05, 3.63) is 42.0 Å². The molecule has 0 aliphatic carbocycles. The third-order valence-corrected chi connectivity index (χ3v) is 6.33. The molecule has 1 spiro atoms. The molecule has 30 heavy (non-hydrogen) atoms. The first kappa shape index (κ1) is 20.0. The zero-order valence-electron chi connectivity index (χ0n) is 17.4. The molecule has 2 aromatic rings. The first-order chi connectivity index (χ1) is 14.4. The summed E-state index contributed by atoms with van der Waals surface area (Å²) in [6.45, 7) is 7.52. The molecule has 2 aliphatic rings. The van der Waals surface area contributed by atoms with Gasteiger partial charge in [-0.1, -0.05) is 18.7 Å². The summed E-state index contributed by atoms with van der Waals surface area (Å²) in [5, 5.41) is 8.22. The second kappa shape index (κ2) is 7.51. The van der Waals surface area contributed by atoms with Gasteiger partial charge in [-0.05, 0) is 43.9 Å². The van der Waals surface area contributed by atoms with Crippen LogP contribution in [-0.2, 0) is 10.3 Å². The normalized spacial score (nSPS) is 17.2. The number of fused-ring (bicyclic) bond motifs is 2. The zero-order chi connectivity index (χ0) is 21.5. The van der Waals surface area contributed by atoms with Crippen LogP contribution in [0.1, 0.15) is 35.2 Å². The molecule has 2 aliphatic heterocycles. The number of nitrogens with zero attached hydrogens (tertiary/aromatic N) is 3. The number of hydrogen-bond acceptors (Lipinski definition) is 5. The van der Waals surface area contributed by atoms with Gasteiger partial charge in [-0.3, -0.25) is 9.59 Å². The maximum Gasteiger partial charge on any atom is 0.254 e. The molecule has 0 unspecified atom stereocenters. The summed E-state index contributed by atoms with van der Waals surface area (Å²) in [6, 6.07) is 5.75. The van der Waals surface area contributed by atoms with Gasteiger partial charge in [-0.15, -0.1) is 0 Å². The second-order valence-corrected chi connectivity index (χ2v) is 7.96. The fourth-order valence-corrected chi connectivity index (χ4v) is 4.58. The predicted octanol–water partition coefficient (Wildman–Crippen LogP) is 2.29. The van der Waals surface area contributed by atoms with Gasteiger partial charge < -0.3 is 20.7 Å². The van der Waals surface area contributed by atoms with Gasteiger partial charge in [-0.25, -0.2) is 4.68 Å². The quantitative estimate of drug-likeness (QED) is 0.755. The molecule has 3 heterocycles. The van der Waals surface area contributed by atoms with Gasteiger partial charge in [0, 0.05) is 25.2 Å². The van der Waals surface area contributed by atoms with Gasteiger partial charge in [-0.2, -0.15) is 5.10 Å². The van der Waals surface area contributed by atoms with Gasteiger partial charge in [0.25, 0.3) is 5.91 Å². The lowest BCUT2D eigenvalue weighted by molar-refractivity contribution is -0.128. The summed E-state index contributed by atoms with van der Waals surface area (Å²) in [4.78, 5) is 26.2. The first-order valence-electron chi connectivity index (χ1n) is 10.1. The SMILES string of the molecule is C=CC(=O)N1CCC2(CCNc3c(C(N)=O)c(-c4ccc(C)c(OC)c4)nn32)CC1. The smallest absolute Gasteiger partial charge is 0.254 e. The Morgan fingerprint density at radius 3 is 2.67 bits per heavy atom. The average Bonchev–Trinajstić information content (AvgIpc) is 3.15. The van der Waals surface area contributed by atoms with E-state index in [2.05, 4.69) is 11.9 Å².